The summed E-state index contributed by atoms with van der Waals surface area (Å²) in [5.74, 6) is 0.825. The Balaban J connectivity index is 1.71. The summed E-state index contributed by atoms with van der Waals surface area (Å²) < 4.78 is 10.8. The second-order valence-corrected chi connectivity index (χ2v) is 4.95. The third-order valence-corrected chi connectivity index (χ3v) is 3.40. The number of carbonyl (C=O) groups excluding carboxylic acids is 1. The van der Waals surface area contributed by atoms with Crippen LogP contribution in [0, 0.1) is 0 Å². The minimum atomic E-state index is 0.0320. The molecule has 1 aromatic rings. The molecule has 1 saturated heterocycles. The van der Waals surface area contributed by atoms with E-state index in [-0.39, 0.29) is 11.9 Å². The van der Waals surface area contributed by atoms with Crippen LogP contribution in [0.25, 0.3) is 0 Å². The van der Waals surface area contributed by atoms with E-state index in [9.17, 15) is 4.79 Å². The molecule has 1 amide bonds. The number of likely N-dealkylation sites (N-methyl/N-ethyl adjacent to an activating group) is 1. The Morgan fingerprint density at radius 3 is 2.78 bits per heavy atom. The number of nitrogens with zero attached hydrogens (tertiary/aromatic N) is 1. The Kier molecular flexibility index (Phi) is 2.96. The first kappa shape index (κ1) is 11.5. The van der Waals surface area contributed by atoms with Crippen molar-refractivity contribution in [2.24, 2.45) is 0 Å². The molecule has 0 atom stereocenters. The minimum absolute atomic E-state index is 0.0320. The molecule has 4 heteroatoms. The van der Waals surface area contributed by atoms with E-state index in [1.54, 1.807) is 4.90 Å². The van der Waals surface area contributed by atoms with Gasteiger partial charge in [0.1, 0.15) is 5.75 Å². The molecule has 0 N–H and O–H groups in total. The highest BCUT2D eigenvalue weighted by Gasteiger charge is 2.28. The van der Waals surface area contributed by atoms with Gasteiger partial charge in [-0.1, -0.05) is 6.07 Å². The van der Waals surface area contributed by atoms with Crippen LogP contribution in [0.5, 0.6) is 5.75 Å². The van der Waals surface area contributed by atoms with Crippen molar-refractivity contribution in [1.29, 1.82) is 0 Å². The zero-order valence-corrected chi connectivity index (χ0v) is 10.5. The van der Waals surface area contributed by atoms with Crippen molar-refractivity contribution in [2.75, 3.05) is 20.3 Å². The van der Waals surface area contributed by atoms with Gasteiger partial charge in [0.2, 0.25) is 0 Å². The van der Waals surface area contributed by atoms with Crippen LogP contribution in [0.3, 0.4) is 0 Å². The maximum atomic E-state index is 12.2. The topological polar surface area (TPSA) is 38.8 Å². The van der Waals surface area contributed by atoms with Crippen LogP contribution >= 0.6 is 0 Å². The quantitative estimate of drug-likeness (QED) is 0.813. The summed E-state index contributed by atoms with van der Waals surface area (Å²) in [4.78, 5) is 14.0. The van der Waals surface area contributed by atoms with Gasteiger partial charge in [0.15, 0.2) is 0 Å². The minimum Gasteiger partial charge on any atom is -0.490 e. The molecule has 0 bridgehead atoms. The molecule has 1 aliphatic carbocycles. The molecule has 96 valence electrons. The number of hydrogen-bond donors (Lipinski definition) is 0. The smallest absolute Gasteiger partial charge is 0.254 e. The standard InChI is InChI=1S/C14H17NO3/c1-15(11-8-17-9-11)14(16)10-3-2-4-13(7-10)18-12-5-6-12/h2-4,7,11-12H,5-6,8-9H2,1H3. The molecule has 1 heterocycles. The van der Waals surface area contributed by atoms with Crippen molar-refractivity contribution in [3.63, 3.8) is 0 Å². The molecule has 1 aliphatic heterocycles. The highest BCUT2D eigenvalue weighted by molar-refractivity contribution is 5.94. The predicted octanol–water partition coefficient (Wildman–Crippen LogP) is 1.70. The van der Waals surface area contributed by atoms with Gasteiger partial charge in [-0.3, -0.25) is 4.79 Å². The SMILES string of the molecule is CN(C(=O)c1cccc(OC2CC2)c1)C1COC1. The summed E-state index contributed by atoms with van der Waals surface area (Å²) in [7, 11) is 1.82. The van der Waals surface area contributed by atoms with E-state index in [1.807, 2.05) is 31.3 Å². The number of carbonyl (C=O) groups is 1. The van der Waals surface area contributed by atoms with Crippen LogP contribution in [-0.2, 0) is 4.74 Å². The van der Waals surface area contributed by atoms with E-state index < -0.39 is 0 Å². The molecule has 0 spiro atoms. The van der Waals surface area contributed by atoms with Crippen LogP contribution < -0.4 is 4.74 Å². The molecule has 18 heavy (non-hydrogen) atoms. The summed E-state index contributed by atoms with van der Waals surface area (Å²) in [5, 5.41) is 0. The maximum absolute atomic E-state index is 12.2. The van der Waals surface area contributed by atoms with Gasteiger partial charge >= 0.3 is 0 Å². The molecule has 1 saturated carbocycles. The average molecular weight is 247 g/mol. The summed E-state index contributed by atoms with van der Waals surface area (Å²) in [6, 6.07) is 7.65. The van der Waals surface area contributed by atoms with Gasteiger partial charge in [-0.15, -0.1) is 0 Å². The fourth-order valence-corrected chi connectivity index (χ4v) is 1.90. The first-order chi connectivity index (χ1) is 8.74. The van der Waals surface area contributed by atoms with Gasteiger partial charge < -0.3 is 14.4 Å². The van der Waals surface area contributed by atoms with Gasteiger partial charge in [0.25, 0.3) is 5.91 Å². The van der Waals surface area contributed by atoms with E-state index in [4.69, 9.17) is 9.47 Å². The van der Waals surface area contributed by atoms with Crippen molar-refractivity contribution in [1.82, 2.24) is 4.90 Å². The second-order valence-electron chi connectivity index (χ2n) is 4.95. The van der Waals surface area contributed by atoms with Gasteiger partial charge in [-0.2, -0.15) is 0 Å². The highest BCUT2D eigenvalue weighted by Crippen LogP contribution is 2.27. The predicted molar refractivity (Wildman–Crippen MR) is 66.8 cm³/mol. The monoisotopic (exact) mass is 247 g/mol. The van der Waals surface area contributed by atoms with E-state index in [0.717, 1.165) is 18.6 Å². The molecule has 2 aliphatic rings. The average Bonchev–Trinajstić information content (AvgIpc) is 3.10. The number of benzene rings is 1. The normalized spacial score (nSPS) is 19.2. The first-order valence-corrected chi connectivity index (χ1v) is 6.35. The molecular weight excluding hydrogens is 230 g/mol. The van der Waals surface area contributed by atoms with Crippen LogP contribution in [0.4, 0.5) is 0 Å². The zero-order chi connectivity index (χ0) is 12.5. The molecule has 0 aromatic heterocycles. The summed E-state index contributed by atoms with van der Waals surface area (Å²) >= 11 is 0. The molecule has 3 rings (SSSR count). The van der Waals surface area contributed by atoms with Crippen molar-refractivity contribution in [3.05, 3.63) is 29.8 Å². The Hall–Kier alpha value is -1.55. The third-order valence-electron chi connectivity index (χ3n) is 3.40. The lowest BCUT2D eigenvalue weighted by Crippen LogP contribution is -2.49. The lowest BCUT2D eigenvalue weighted by Gasteiger charge is -2.34. The third kappa shape index (κ3) is 2.34. The lowest BCUT2D eigenvalue weighted by atomic mass is 10.1. The van der Waals surface area contributed by atoms with E-state index in [1.165, 1.54) is 0 Å². The molecule has 4 nitrogen and oxygen atoms in total. The fraction of sp³-hybridized carbons (Fsp3) is 0.500. The van der Waals surface area contributed by atoms with Crippen LogP contribution in [0.1, 0.15) is 23.2 Å². The zero-order valence-electron chi connectivity index (χ0n) is 10.5. The van der Waals surface area contributed by atoms with E-state index >= 15 is 0 Å². The first-order valence-electron chi connectivity index (χ1n) is 6.35. The molecule has 2 fully saturated rings. The van der Waals surface area contributed by atoms with Crippen molar-refractivity contribution < 1.29 is 14.3 Å². The molecular formula is C14H17NO3. The largest absolute Gasteiger partial charge is 0.490 e. The van der Waals surface area contributed by atoms with E-state index in [2.05, 4.69) is 0 Å². The van der Waals surface area contributed by atoms with Gasteiger partial charge in [0, 0.05) is 12.6 Å². The van der Waals surface area contributed by atoms with E-state index in [0.29, 0.717) is 24.9 Å². The number of amides is 1. The van der Waals surface area contributed by atoms with Crippen LogP contribution in [-0.4, -0.2) is 43.2 Å². The Morgan fingerprint density at radius 1 is 1.39 bits per heavy atom. The number of rotatable bonds is 4. The van der Waals surface area contributed by atoms with Crippen molar-refractivity contribution in [3.8, 4) is 5.75 Å². The van der Waals surface area contributed by atoms with Gasteiger partial charge in [-0.05, 0) is 31.0 Å². The maximum Gasteiger partial charge on any atom is 0.254 e. The molecule has 1 aromatic carbocycles. The Bertz CT molecular complexity index is 452. The van der Waals surface area contributed by atoms with Crippen LogP contribution in [0.15, 0.2) is 24.3 Å². The van der Waals surface area contributed by atoms with Crippen molar-refractivity contribution in [2.45, 2.75) is 25.0 Å². The Labute approximate surface area is 106 Å². The Morgan fingerprint density at radius 2 is 2.17 bits per heavy atom. The summed E-state index contributed by atoms with van der Waals surface area (Å²) in [6.45, 7) is 1.28. The summed E-state index contributed by atoms with van der Waals surface area (Å²) in [5.41, 5.74) is 0.683. The van der Waals surface area contributed by atoms with Crippen LogP contribution in [0.2, 0.25) is 0 Å². The molecule has 0 radical (unpaired) electrons. The summed E-state index contributed by atoms with van der Waals surface area (Å²) in [6.07, 6.45) is 2.60. The second kappa shape index (κ2) is 4.61. The van der Waals surface area contributed by atoms with Gasteiger partial charge in [0.05, 0.1) is 25.4 Å². The molecule has 0 unspecified atom stereocenters. The fourth-order valence-electron chi connectivity index (χ4n) is 1.90. The van der Waals surface area contributed by atoms with Crippen molar-refractivity contribution >= 4 is 5.91 Å². The lowest BCUT2D eigenvalue weighted by molar-refractivity contribution is -0.0467. The number of ether oxygens (including phenoxy) is 2. The highest BCUT2D eigenvalue weighted by atomic mass is 16.5. The number of hydrogen-bond acceptors (Lipinski definition) is 3. The van der Waals surface area contributed by atoms with Gasteiger partial charge in [-0.25, -0.2) is 0 Å².